The van der Waals surface area contributed by atoms with Gasteiger partial charge in [0, 0.05) is 57.1 Å². The molecule has 0 spiro atoms. The number of aryl methyl sites for hydroxylation is 4. The summed E-state index contributed by atoms with van der Waals surface area (Å²) >= 11 is 0. The lowest BCUT2D eigenvalue weighted by atomic mass is 10.2. The Morgan fingerprint density at radius 1 is 0.938 bits per heavy atom. The number of hydrogen-bond acceptors (Lipinski definition) is 7. The van der Waals surface area contributed by atoms with Crippen molar-refractivity contribution in [2.75, 3.05) is 31.1 Å². The maximum Gasteiger partial charge on any atom is 0.262 e. The fourth-order valence-corrected chi connectivity index (χ4v) is 5.48. The lowest BCUT2D eigenvalue weighted by Crippen LogP contribution is -2.49. The maximum absolute atomic E-state index is 13.1. The smallest absolute Gasteiger partial charge is 0.262 e. The van der Waals surface area contributed by atoms with E-state index in [4.69, 9.17) is 0 Å². The van der Waals surface area contributed by atoms with Gasteiger partial charge in [0.25, 0.3) is 10.0 Å². The van der Waals surface area contributed by atoms with E-state index in [2.05, 4.69) is 25.0 Å². The average Bonchev–Trinajstić information content (AvgIpc) is 3.29. The molecule has 0 amide bonds. The monoisotopic (exact) mass is 458 g/mol. The number of imidazole rings is 1. The van der Waals surface area contributed by atoms with Crippen LogP contribution in [0.3, 0.4) is 0 Å². The number of sulfonamides is 1. The summed E-state index contributed by atoms with van der Waals surface area (Å²) < 4.78 is 31.4. The van der Waals surface area contributed by atoms with Crippen LogP contribution in [-0.4, -0.2) is 68.2 Å². The summed E-state index contributed by atoms with van der Waals surface area (Å²) in [4.78, 5) is 15.6. The Balaban J connectivity index is 1.53. The molecule has 0 bridgehead atoms. The Hall–Kier alpha value is -2.79. The number of hydrogen-bond donors (Lipinski definition) is 0. The Morgan fingerprint density at radius 2 is 1.59 bits per heavy atom. The van der Waals surface area contributed by atoms with Gasteiger partial charge in [0.2, 0.25) is 0 Å². The predicted molar refractivity (Wildman–Crippen MR) is 122 cm³/mol. The second-order valence-corrected chi connectivity index (χ2v) is 10.4. The molecule has 0 unspecified atom stereocenters. The van der Waals surface area contributed by atoms with E-state index in [9.17, 15) is 8.42 Å². The third-order valence-corrected chi connectivity index (χ3v) is 7.38. The molecule has 32 heavy (non-hydrogen) atoms. The number of rotatable bonds is 5. The van der Waals surface area contributed by atoms with Crippen LogP contribution in [0.15, 0.2) is 23.4 Å². The molecule has 11 heteroatoms. The second-order valence-electron chi connectivity index (χ2n) is 8.56. The van der Waals surface area contributed by atoms with E-state index < -0.39 is 10.0 Å². The van der Waals surface area contributed by atoms with Crippen LogP contribution in [0.4, 0.5) is 5.82 Å². The molecule has 1 saturated heterocycles. The van der Waals surface area contributed by atoms with Gasteiger partial charge < -0.3 is 9.47 Å². The van der Waals surface area contributed by atoms with Crippen molar-refractivity contribution < 1.29 is 8.42 Å². The zero-order chi connectivity index (χ0) is 23.2. The first kappa shape index (κ1) is 22.4. The van der Waals surface area contributed by atoms with Gasteiger partial charge in [-0.3, -0.25) is 0 Å². The summed E-state index contributed by atoms with van der Waals surface area (Å²) in [5.41, 5.74) is 1.92. The van der Waals surface area contributed by atoms with Crippen LogP contribution in [0.2, 0.25) is 0 Å². The largest absolute Gasteiger partial charge is 0.354 e. The molecular weight excluding hydrogens is 428 g/mol. The lowest BCUT2D eigenvalue weighted by Gasteiger charge is -2.34. The molecule has 0 N–H and O–H groups in total. The van der Waals surface area contributed by atoms with Crippen LogP contribution in [0, 0.1) is 20.8 Å². The first-order valence-corrected chi connectivity index (χ1v) is 12.2. The first-order valence-electron chi connectivity index (χ1n) is 10.7. The van der Waals surface area contributed by atoms with Gasteiger partial charge in [-0.25, -0.2) is 28.1 Å². The molecule has 0 aromatic carbocycles. The Morgan fingerprint density at radius 3 is 2.16 bits per heavy atom. The van der Waals surface area contributed by atoms with Gasteiger partial charge in [-0.2, -0.15) is 9.40 Å². The van der Waals surface area contributed by atoms with E-state index >= 15 is 0 Å². The third-order valence-electron chi connectivity index (χ3n) is 5.61. The van der Waals surface area contributed by atoms with Crippen molar-refractivity contribution in [1.82, 2.24) is 33.6 Å². The minimum Gasteiger partial charge on any atom is -0.354 e. The molecule has 3 aromatic rings. The molecule has 10 nitrogen and oxygen atoms in total. The second kappa shape index (κ2) is 8.28. The molecule has 4 rings (SSSR count). The highest BCUT2D eigenvalue weighted by atomic mass is 32.2. The first-order chi connectivity index (χ1) is 15.1. The summed E-state index contributed by atoms with van der Waals surface area (Å²) in [5.74, 6) is 3.04. The highest BCUT2D eigenvalue weighted by Crippen LogP contribution is 2.23. The molecule has 1 aliphatic heterocycles. The van der Waals surface area contributed by atoms with E-state index in [1.54, 1.807) is 10.8 Å². The zero-order valence-corrected chi connectivity index (χ0v) is 20.3. The number of aromatic nitrogens is 6. The van der Waals surface area contributed by atoms with Crippen molar-refractivity contribution in [3.8, 4) is 5.82 Å². The molecular formula is C21H30N8O2S. The fourth-order valence-electron chi connectivity index (χ4n) is 4.07. The standard InChI is InChI=1S/C21H30N8O2S/c1-14(2)21-24-20(13-26(21)6)32(30,31)28-9-7-27(8-10-28)18-12-19(23-17(5)22-18)29-16(4)11-15(3)25-29/h11-14H,7-10H2,1-6H3. The Labute approximate surface area is 189 Å². The molecule has 4 heterocycles. The minimum absolute atomic E-state index is 0.113. The van der Waals surface area contributed by atoms with Crippen molar-refractivity contribution in [1.29, 1.82) is 0 Å². The third kappa shape index (κ3) is 4.14. The van der Waals surface area contributed by atoms with Gasteiger partial charge >= 0.3 is 0 Å². The molecule has 0 aliphatic carbocycles. The van der Waals surface area contributed by atoms with E-state index in [1.807, 2.05) is 58.5 Å². The van der Waals surface area contributed by atoms with Crippen LogP contribution >= 0.6 is 0 Å². The van der Waals surface area contributed by atoms with Crippen molar-refractivity contribution in [3.63, 3.8) is 0 Å². The van der Waals surface area contributed by atoms with Crippen molar-refractivity contribution in [3.05, 3.63) is 41.4 Å². The lowest BCUT2D eigenvalue weighted by molar-refractivity contribution is 0.382. The van der Waals surface area contributed by atoms with Crippen LogP contribution in [-0.2, 0) is 17.1 Å². The summed E-state index contributed by atoms with van der Waals surface area (Å²) in [7, 11) is -1.81. The molecule has 172 valence electrons. The van der Waals surface area contributed by atoms with Gasteiger partial charge in [0.05, 0.1) is 5.69 Å². The molecule has 0 atom stereocenters. The Kier molecular flexibility index (Phi) is 5.80. The zero-order valence-electron chi connectivity index (χ0n) is 19.4. The van der Waals surface area contributed by atoms with Crippen molar-refractivity contribution >= 4 is 15.8 Å². The SMILES string of the molecule is Cc1cc(C)n(-c2cc(N3CCN(S(=O)(=O)c4cn(C)c(C(C)C)n4)CC3)nc(C)n2)n1. The summed E-state index contributed by atoms with van der Waals surface area (Å²) in [5, 5.41) is 4.63. The number of anilines is 1. The summed E-state index contributed by atoms with van der Waals surface area (Å²) in [6.07, 6.45) is 1.60. The molecule has 1 fully saturated rings. The van der Waals surface area contributed by atoms with E-state index in [1.165, 1.54) is 4.31 Å². The van der Waals surface area contributed by atoms with Crippen LogP contribution < -0.4 is 4.90 Å². The Bertz CT molecular complexity index is 1240. The molecule has 0 saturated carbocycles. The van der Waals surface area contributed by atoms with Gasteiger partial charge in [0.1, 0.15) is 17.5 Å². The van der Waals surface area contributed by atoms with Crippen LogP contribution in [0.25, 0.3) is 5.82 Å². The quantitative estimate of drug-likeness (QED) is 0.576. The van der Waals surface area contributed by atoms with Gasteiger partial charge in [-0.15, -0.1) is 0 Å². The highest BCUT2D eigenvalue weighted by Gasteiger charge is 2.31. The molecule has 0 radical (unpaired) electrons. The summed E-state index contributed by atoms with van der Waals surface area (Å²) in [6.45, 7) is 11.6. The van der Waals surface area contributed by atoms with Gasteiger partial charge in [-0.1, -0.05) is 13.8 Å². The topological polar surface area (TPSA) is 102 Å². The fraction of sp³-hybridized carbons (Fsp3) is 0.524. The normalized spacial score (nSPS) is 15.7. The van der Waals surface area contributed by atoms with Gasteiger partial charge in [0.15, 0.2) is 10.8 Å². The van der Waals surface area contributed by atoms with Crippen LogP contribution in [0.5, 0.6) is 0 Å². The van der Waals surface area contributed by atoms with Crippen LogP contribution in [0.1, 0.15) is 42.8 Å². The average molecular weight is 459 g/mol. The maximum atomic E-state index is 13.1. The number of piperazine rings is 1. The van der Waals surface area contributed by atoms with E-state index in [-0.39, 0.29) is 10.9 Å². The number of nitrogens with zero attached hydrogens (tertiary/aromatic N) is 8. The molecule has 3 aromatic heterocycles. The summed E-state index contributed by atoms with van der Waals surface area (Å²) in [6, 6.07) is 3.91. The van der Waals surface area contributed by atoms with E-state index in [0.717, 1.165) is 23.0 Å². The van der Waals surface area contributed by atoms with E-state index in [0.29, 0.717) is 37.8 Å². The predicted octanol–water partition coefficient (Wildman–Crippen LogP) is 1.96. The van der Waals surface area contributed by atoms with Crippen molar-refractivity contribution in [2.45, 2.75) is 45.6 Å². The van der Waals surface area contributed by atoms with Crippen molar-refractivity contribution in [2.24, 2.45) is 7.05 Å². The molecule has 1 aliphatic rings. The van der Waals surface area contributed by atoms with Gasteiger partial charge in [-0.05, 0) is 26.8 Å². The minimum atomic E-state index is -3.64. The highest BCUT2D eigenvalue weighted by molar-refractivity contribution is 7.89.